The predicted octanol–water partition coefficient (Wildman–Crippen LogP) is 3.21. The molecule has 2 heterocycles. The fourth-order valence-electron chi connectivity index (χ4n) is 2.33. The summed E-state index contributed by atoms with van der Waals surface area (Å²) >= 11 is 6.38. The van der Waals surface area contributed by atoms with Crippen molar-refractivity contribution in [2.75, 3.05) is 11.9 Å². The first kappa shape index (κ1) is 18.9. The Balaban J connectivity index is 1.56. The topological polar surface area (TPSA) is 99.9 Å². The van der Waals surface area contributed by atoms with Gasteiger partial charge in [-0.1, -0.05) is 24.0 Å². The lowest BCUT2D eigenvalue weighted by atomic mass is 10.2. The van der Waals surface area contributed by atoms with E-state index in [4.69, 9.17) is 21.7 Å². The molecule has 0 atom stereocenters. The maximum atomic E-state index is 12.4. The predicted molar refractivity (Wildman–Crippen MR) is 105 cm³/mol. The minimum Gasteiger partial charge on any atom is -0.478 e. The van der Waals surface area contributed by atoms with E-state index in [1.807, 2.05) is 0 Å². The molecule has 0 saturated carbocycles. The van der Waals surface area contributed by atoms with Crippen LogP contribution in [-0.4, -0.2) is 38.7 Å². The molecule has 0 radical (unpaired) electrons. The third kappa shape index (κ3) is 4.63. The van der Waals surface area contributed by atoms with Crippen LogP contribution in [0.3, 0.4) is 0 Å². The van der Waals surface area contributed by atoms with Crippen molar-refractivity contribution in [3.63, 3.8) is 0 Å². The summed E-state index contributed by atoms with van der Waals surface area (Å²) in [5.74, 6) is -1.05. The zero-order valence-corrected chi connectivity index (χ0v) is 15.5. The maximum absolute atomic E-state index is 12.4. The molecule has 0 unspecified atom stereocenters. The van der Waals surface area contributed by atoms with Gasteiger partial charge in [0.25, 0.3) is 5.91 Å². The number of furan rings is 1. The number of thiocarbonyl (C=S) groups is 1. The molecule has 2 N–H and O–H groups in total. The van der Waals surface area contributed by atoms with Crippen molar-refractivity contribution in [1.82, 2.24) is 4.90 Å². The summed E-state index contributed by atoms with van der Waals surface area (Å²) in [6.45, 7) is 0.152. The summed E-state index contributed by atoms with van der Waals surface area (Å²) < 4.78 is 5.58. The lowest BCUT2D eigenvalue weighted by Crippen LogP contribution is -2.31. The van der Waals surface area contributed by atoms with Crippen LogP contribution < -0.4 is 5.32 Å². The Kier molecular flexibility index (Phi) is 5.72. The molecule has 1 saturated heterocycles. The van der Waals surface area contributed by atoms with Crippen LogP contribution >= 0.6 is 24.0 Å². The summed E-state index contributed by atoms with van der Waals surface area (Å²) in [6, 6.07) is 9.27. The Bertz CT molecular complexity index is 920. The van der Waals surface area contributed by atoms with Gasteiger partial charge in [-0.05, 0) is 36.4 Å². The quantitative estimate of drug-likeness (QED) is 0.565. The Morgan fingerprint density at radius 3 is 2.63 bits per heavy atom. The van der Waals surface area contributed by atoms with Crippen LogP contribution in [-0.2, 0) is 9.59 Å². The van der Waals surface area contributed by atoms with Crippen molar-refractivity contribution in [3.05, 3.63) is 58.9 Å². The molecule has 1 aromatic heterocycles. The molecule has 27 heavy (non-hydrogen) atoms. The van der Waals surface area contributed by atoms with Crippen molar-refractivity contribution < 1.29 is 23.9 Å². The lowest BCUT2D eigenvalue weighted by molar-refractivity contribution is -0.122. The number of hydrogen-bond acceptors (Lipinski definition) is 6. The zero-order valence-electron chi connectivity index (χ0n) is 13.9. The zero-order chi connectivity index (χ0) is 19.4. The molecule has 9 heteroatoms. The van der Waals surface area contributed by atoms with Gasteiger partial charge < -0.3 is 14.8 Å². The van der Waals surface area contributed by atoms with E-state index in [0.29, 0.717) is 20.7 Å². The fraction of sp³-hybridized carbons (Fsp3) is 0.111. The van der Waals surface area contributed by atoms with Gasteiger partial charge in [0.2, 0.25) is 5.91 Å². The van der Waals surface area contributed by atoms with E-state index < -0.39 is 5.97 Å². The van der Waals surface area contributed by atoms with E-state index in [-0.39, 0.29) is 30.3 Å². The van der Waals surface area contributed by atoms with Crippen LogP contribution in [0.5, 0.6) is 0 Å². The smallest absolute Gasteiger partial charge is 0.335 e. The third-order valence-electron chi connectivity index (χ3n) is 3.67. The number of nitrogens with zero attached hydrogens (tertiary/aromatic N) is 1. The van der Waals surface area contributed by atoms with E-state index in [2.05, 4.69) is 5.32 Å². The van der Waals surface area contributed by atoms with E-state index in [0.717, 1.165) is 11.8 Å². The molecule has 1 fully saturated rings. The highest BCUT2D eigenvalue weighted by atomic mass is 32.2. The van der Waals surface area contributed by atoms with Crippen LogP contribution in [0.25, 0.3) is 6.08 Å². The average molecular weight is 402 g/mol. The lowest BCUT2D eigenvalue weighted by Gasteiger charge is -2.14. The van der Waals surface area contributed by atoms with E-state index in [9.17, 15) is 14.4 Å². The number of rotatable bonds is 6. The molecule has 138 valence electrons. The number of aromatic carboxylic acids is 1. The van der Waals surface area contributed by atoms with Gasteiger partial charge >= 0.3 is 5.97 Å². The summed E-state index contributed by atoms with van der Waals surface area (Å²) in [5.41, 5.74) is 0.613. The molecule has 7 nitrogen and oxygen atoms in total. The summed E-state index contributed by atoms with van der Waals surface area (Å²) in [7, 11) is 0. The largest absolute Gasteiger partial charge is 0.478 e. The van der Waals surface area contributed by atoms with Crippen LogP contribution in [0.15, 0.2) is 52.0 Å². The van der Waals surface area contributed by atoms with Crippen LogP contribution in [0.4, 0.5) is 5.69 Å². The standard InChI is InChI=1S/C18H14N2O5S2/c21-15(19-12-5-3-11(4-6-12)17(23)24)7-8-20-16(22)14(27-18(20)26)10-13-2-1-9-25-13/h1-6,9-10H,7-8H2,(H,19,21)(H,23,24)/b14-10-. The van der Waals surface area contributed by atoms with Crippen LogP contribution in [0, 0.1) is 0 Å². The molecular formula is C18H14N2O5S2. The van der Waals surface area contributed by atoms with Crippen molar-refractivity contribution >= 4 is 57.8 Å². The van der Waals surface area contributed by atoms with Gasteiger partial charge in [-0.15, -0.1) is 0 Å². The van der Waals surface area contributed by atoms with Gasteiger partial charge in [-0.3, -0.25) is 14.5 Å². The van der Waals surface area contributed by atoms with Gasteiger partial charge in [0.05, 0.1) is 16.7 Å². The highest BCUT2D eigenvalue weighted by Gasteiger charge is 2.32. The molecule has 3 rings (SSSR count). The summed E-state index contributed by atoms with van der Waals surface area (Å²) in [5, 5.41) is 11.5. The molecule has 1 aliphatic rings. The van der Waals surface area contributed by atoms with Crippen molar-refractivity contribution in [2.45, 2.75) is 6.42 Å². The number of nitrogens with one attached hydrogen (secondary N) is 1. The number of amides is 2. The number of thioether (sulfide) groups is 1. The Hall–Kier alpha value is -2.91. The number of carbonyl (C=O) groups excluding carboxylic acids is 2. The van der Waals surface area contributed by atoms with Gasteiger partial charge in [-0.2, -0.15) is 0 Å². The summed E-state index contributed by atoms with van der Waals surface area (Å²) in [4.78, 5) is 37.2. The maximum Gasteiger partial charge on any atom is 0.335 e. The average Bonchev–Trinajstić information content (AvgIpc) is 3.23. The van der Waals surface area contributed by atoms with Crippen molar-refractivity contribution in [3.8, 4) is 0 Å². The first-order valence-electron chi connectivity index (χ1n) is 7.86. The minimum atomic E-state index is -1.04. The highest BCUT2D eigenvalue weighted by molar-refractivity contribution is 8.26. The highest BCUT2D eigenvalue weighted by Crippen LogP contribution is 2.32. The molecule has 0 aliphatic carbocycles. The second kappa shape index (κ2) is 8.19. The van der Waals surface area contributed by atoms with E-state index in [1.54, 1.807) is 18.2 Å². The SMILES string of the molecule is O=C(CCN1C(=O)/C(=C/c2ccco2)SC1=S)Nc1ccc(C(=O)O)cc1. The Morgan fingerprint density at radius 1 is 1.26 bits per heavy atom. The second-order valence-corrected chi connectivity index (χ2v) is 7.21. The monoisotopic (exact) mass is 402 g/mol. The Labute approximate surface area is 164 Å². The number of carbonyl (C=O) groups is 3. The molecule has 1 aromatic carbocycles. The van der Waals surface area contributed by atoms with Gasteiger partial charge in [0.15, 0.2) is 0 Å². The van der Waals surface area contributed by atoms with Gasteiger partial charge in [0.1, 0.15) is 10.1 Å². The number of anilines is 1. The first-order valence-corrected chi connectivity index (χ1v) is 9.08. The number of benzene rings is 1. The Morgan fingerprint density at radius 2 is 2.00 bits per heavy atom. The minimum absolute atomic E-state index is 0.0567. The van der Waals surface area contributed by atoms with Crippen molar-refractivity contribution in [1.29, 1.82) is 0 Å². The van der Waals surface area contributed by atoms with Crippen molar-refractivity contribution in [2.24, 2.45) is 0 Å². The van der Waals surface area contributed by atoms with Gasteiger partial charge in [0, 0.05) is 24.7 Å². The fourth-order valence-corrected chi connectivity index (χ4v) is 3.62. The molecule has 2 aromatic rings. The molecule has 0 bridgehead atoms. The second-order valence-electron chi connectivity index (χ2n) is 5.53. The molecule has 0 spiro atoms. The van der Waals surface area contributed by atoms with Gasteiger partial charge in [-0.25, -0.2) is 4.79 Å². The van der Waals surface area contributed by atoms with E-state index >= 15 is 0 Å². The number of carboxylic acid groups (broad SMARTS) is 1. The molecular weight excluding hydrogens is 388 g/mol. The van der Waals surface area contributed by atoms with E-state index in [1.165, 1.54) is 35.4 Å². The van der Waals surface area contributed by atoms with Crippen LogP contribution in [0.2, 0.25) is 0 Å². The summed E-state index contributed by atoms with van der Waals surface area (Å²) in [6.07, 6.45) is 3.18. The molecule has 1 aliphatic heterocycles. The number of hydrogen-bond donors (Lipinski definition) is 2. The third-order valence-corrected chi connectivity index (χ3v) is 5.05. The first-order chi connectivity index (χ1) is 12.9. The normalized spacial score (nSPS) is 15.4. The molecule has 2 amide bonds. The number of carboxylic acids is 1. The van der Waals surface area contributed by atoms with Crippen LogP contribution in [0.1, 0.15) is 22.5 Å².